The van der Waals surface area contributed by atoms with Crippen LogP contribution in [0.2, 0.25) is 0 Å². The molecule has 0 saturated heterocycles. The minimum Gasteiger partial charge on any atom is -0.497 e. The molecule has 0 bridgehead atoms. The number of thiophene rings is 1. The normalized spacial score (nSPS) is 11.0. The molecule has 3 rings (SSSR count). The Morgan fingerprint density at radius 3 is 2.79 bits per heavy atom. The van der Waals surface area contributed by atoms with Gasteiger partial charge in [0.05, 0.1) is 31.0 Å². The molecule has 0 spiro atoms. The van der Waals surface area contributed by atoms with E-state index in [0.29, 0.717) is 0 Å². The molecule has 2 heterocycles. The lowest BCUT2D eigenvalue weighted by atomic mass is 10.2. The molecule has 5 nitrogen and oxygen atoms in total. The van der Waals surface area contributed by atoms with Crippen molar-refractivity contribution in [3.8, 4) is 22.1 Å². The summed E-state index contributed by atoms with van der Waals surface area (Å²) < 4.78 is 10.6. The maximum Gasteiger partial charge on any atom is 0.204 e. The van der Waals surface area contributed by atoms with Crippen LogP contribution < -0.4 is 14.9 Å². The summed E-state index contributed by atoms with van der Waals surface area (Å²) in [5, 5.41) is 7.08. The highest BCUT2D eigenvalue weighted by molar-refractivity contribution is 7.17. The minimum atomic E-state index is 0.732. The van der Waals surface area contributed by atoms with E-state index in [2.05, 4.69) is 33.9 Å². The second kappa shape index (κ2) is 7.46. The molecule has 3 aromatic rings. The fourth-order valence-electron chi connectivity index (χ4n) is 2.18. The topological polar surface area (TPSA) is 55.7 Å². The quantitative estimate of drug-likeness (QED) is 0.514. The van der Waals surface area contributed by atoms with Gasteiger partial charge in [0.1, 0.15) is 11.5 Å². The molecular formula is C17H17N3O2S2. The Kier molecular flexibility index (Phi) is 5.12. The second-order valence-electron chi connectivity index (χ2n) is 4.88. The lowest BCUT2D eigenvalue weighted by Gasteiger charge is -2.06. The van der Waals surface area contributed by atoms with Crippen LogP contribution in [0.1, 0.15) is 10.4 Å². The average Bonchev–Trinajstić information content (AvgIpc) is 3.24. The molecule has 1 aromatic carbocycles. The summed E-state index contributed by atoms with van der Waals surface area (Å²) in [6.45, 7) is 2.06. The van der Waals surface area contributed by atoms with E-state index in [0.717, 1.165) is 37.6 Å². The molecule has 0 aliphatic heterocycles. The molecule has 7 heteroatoms. The zero-order chi connectivity index (χ0) is 16.9. The van der Waals surface area contributed by atoms with Crippen molar-refractivity contribution in [2.45, 2.75) is 6.92 Å². The number of benzene rings is 1. The summed E-state index contributed by atoms with van der Waals surface area (Å²) in [5.74, 6) is 1.48. The fraction of sp³-hybridized carbons (Fsp3) is 0.176. The standard InChI is InChI=1S/C17H17N3O2S2/c1-11-16(15-5-4-8-23-15)19-17(24-11)20-18-10-12-9-13(21-2)6-7-14(12)22-3/h4-10H,1-3H3,(H,19,20)/b18-10-. The molecule has 0 radical (unpaired) electrons. The molecule has 124 valence electrons. The van der Waals surface area contributed by atoms with Crippen LogP contribution in [0.15, 0.2) is 40.8 Å². The van der Waals surface area contributed by atoms with Crippen LogP contribution in [0.5, 0.6) is 11.5 Å². The smallest absolute Gasteiger partial charge is 0.204 e. The van der Waals surface area contributed by atoms with Gasteiger partial charge in [0, 0.05) is 10.4 Å². The van der Waals surface area contributed by atoms with Crippen molar-refractivity contribution in [3.05, 3.63) is 46.2 Å². The van der Waals surface area contributed by atoms with Gasteiger partial charge in [0.2, 0.25) is 5.13 Å². The van der Waals surface area contributed by atoms with E-state index >= 15 is 0 Å². The molecule has 0 aliphatic carbocycles. The van der Waals surface area contributed by atoms with Crippen LogP contribution >= 0.6 is 22.7 Å². The van der Waals surface area contributed by atoms with Crippen LogP contribution in [0.25, 0.3) is 10.6 Å². The highest BCUT2D eigenvalue weighted by Crippen LogP contribution is 2.33. The van der Waals surface area contributed by atoms with E-state index in [4.69, 9.17) is 9.47 Å². The van der Waals surface area contributed by atoms with Crippen molar-refractivity contribution < 1.29 is 9.47 Å². The molecule has 0 unspecified atom stereocenters. The van der Waals surface area contributed by atoms with Gasteiger partial charge in [-0.15, -0.1) is 22.7 Å². The Bertz CT molecular complexity index is 842. The van der Waals surface area contributed by atoms with E-state index in [1.807, 2.05) is 24.3 Å². The van der Waals surface area contributed by atoms with Crippen LogP contribution in [0, 0.1) is 6.92 Å². The predicted molar refractivity (Wildman–Crippen MR) is 101 cm³/mol. The lowest BCUT2D eigenvalue weighted by Crippen LogP contribution is -1.95. The van der Waals surface area contributed by atoms with Gasteiger partial charge < -0.3 is 9.47 Å². The third-order valence-corrected chi connectivity index (χ3v) is 5.10. The second-order valence-corrected chi connectivity index (χ2v) is 7.03. The molecule has 0 amide bonds. The van der Waals surface area contributed by atoms with Crippen molar-refractivity contribution in [1.82, 2.24) is 4.98 Å². The first-order chi connectivity index (χ1) is 11.7. The molecule has 0 fully saturated rings. The third-order valence-electron chi connectivity index (χ3n) is 3.35. The third kappa shape index (κ3) is 3.58. The Hall–Kier alpha value is -2.38. The number of rotatable bonds is 6. The van der Waals surface area contributed by atoms with Gasteiger partial charge in [0.15, 0.2) is 0 Å². The van der Waals surface area contributed by atoms with Crippen LogP contribution in [0.4, 0.5) is 5.13 Å². The molecule has 0 saturated carbocycles. The maximum absolute atomic E-state index is 5.33. The molecule has 1 N–H and O–H groups in total. The van der Waals surface area contributed by atoms with Gasteiger partial charge in [0.25, 0.3) is 0 Å². The Morgan fingerprint density at radius 1 is 1.21 bits per heavy atom. The number of nitrogens with zero attached hydrogens (tertiary/aromatic N) is 2. The van der Waals surface area contributed by atoms with Gasteiger partial charge in [-0.2, -0.15) is 5.10 Å². The fourth-order valence-corrected chi connectivity index (χ4v) is 3.80. The molecule has 0 aliphatic rings. The van der Waals surface area contributed by atoms with Crippen molar-refractivity contribution >= 4 is 34.0 Å². The Morgan fingerprint density at radius 2 is 2.08 bits per heavy atom. The summed E-state index contributed by atoms with van der Waals surface area (Å²) in [7, 11) is 3.26. The van der Waals surface area contributed by atoms with E-state index < -0.39 is 0 Å². The van der Waals surface area contributed by atoms with E-state index in [9.17, 15) is 0 Å². The van der Waals surface area contributed by atoms with Crippen molar-refractivity contribution in [2.24, 2.45) is 5.10 Å². The summed E-state index contributed by atoms with van der Waals surface area (Å²) in [6.07, 6.45) is 1.70. The highest BCUT2D eigenvalue weighted by Gasteiger charge is 2.10. The van der Waals surface area contributed by atoms with Gasteiger partial charge >= 0.3 is 0 Å². The van der Waals surface area contributed by atoms with Crippen LogP contribution in [0.3, 0.4) is 0 Å². The first-order valence-corrected chi connectivity index (χ1v) is 8.93. The SMILES string of the molecule is COc1ccc(OC)c(/C=N\Nc2nc(-c3cccs3)c(C)s2)c1. The largest absolute Gasteiger partial charge is 0.497 e. The molecule has 0 atom stereocenters. The summed E-state index contributed by atoms with van der Waals surface area (Å²) in [5.41, 5.74) is 4.83. The number of hydrazone groups is 1. The zero-order valence-electron chi connectivity index (χ0n) is 13.6. The van der Waals surface area contributed by atoms with Crippen molar-refractivity contribution in [2.75, 3.05) is 19.6 Å². The van der Waals surface area contributed by atoms with Gasteiger partial charge in [-0.3, -0.25) is 5.43 Å². The summed E-state index contributed by atoms with van der Waals surface area (Å²) >= 11 is 3.26. The maximum atomic E-state index is 5.33. The number of anilines is 1. The van der Waals surface area contributed by atoms with E-state index in [-0.39, 0.29) is 0 Å². The summed E-state index contributed by atoms with van der Waals surface area (Å²) in [4.78, 5) is 6.93. The van der Waals surface area contributed by atoms with Crippen LogP contribution in [-0.4, -0.2) is 25.4 Å². The van der Waals surface area contributed by atoms with Gasteiger partial charge in [-0.05, 0) is 36.6 Å². The highest BCUT2D eigenvalue weighted by atomic mass is 32.1. The number of nitrogens with one attached hydrogen (secondary N) is 1. The molecule has 24 heavy (non-hydrogen) atoms. The van der Waals surface area contributed by atoms with Crippen LogP contribution in [-0.2, 0) is 0 Å². The molecular weight excluding hydrogens is 342 g/mol. The number of aromatic nitrogens is 1. The number of hydrogen-bond donors (Lipinski definition) is 1. The number of hydrogen-bond acceptors (Lipinski definition) is 7. The predicted octanol–water partition coefficient (Wildman–Crippen LogP) is 4.64. The van der Waals surface area contributed by atoms with Gasteiger partial charge in [-0.25, -0.2) is 4.98 Å². The van der Waals surface area contributed by atoms with E-state index in [1.54, 1.807) is 43.1 Å². The monoisotopic (exact) mass is 359 g/mol. The number of aryl methyl sites for hydroxylation is 1. The Labute approximate surface area is 148 Å². The zero-order valence-corrected chi connectivity index (χ0v) is 15.2. The lowest BCUT2D eigenvalue weighted by molar-refractivity contribution is 0.402. The van der Waals surface area contributed by atoms with Crippen molar-refractivity contribution in [1.29, 1.82) is 0 Å². The van der Waals surface area contributed by atoms with Crippen molar-refractivity contribution in [3.63, 3.8) is 0 Å². The minimum absolute atomic E-state index is 0.732. The summed E-state index contributed by atoms with van der Waals surface area (Å²) in [6, 6.07) is 9.66. The first-order valence-electron chi connectivity index (χ1n) is 7.23. The first kappa shape index (κ1) is 16.5. The Balaban J connectivity index is 1.76. The molecule has 2 aromatic heterocycles. The number of thiazole rings is 1. The number of methoxy groups -OCH3 is 2. The average molecular weight is 359 g/mol. The van der Waals surface area contributed by atoms with E-state index in [1.165, 1.54) is 0 Å². The number of ether oxygens (including phenoxy) is 2. The van der Waals surface area contributed by atoms with Gasteiger partial charge in [-0.1, -0.05) is 6.07 Å².